The molecule has 0 aromatic carbocycles. The summed E-state index contributed by atoms with van der Waals surface area (Å²) in [7, 11) is 0. The lowest BCUT2D eigenvalue weighted by molar-refractivity contribution is -0.396. The molecule has 1 aromatic heterocycles. The fourth-order valence-electron chi connectivity index (χ4n) is 5.75. The van der Waals surface area contributed by atoms with Crippen LogP contribution < -0.4 is 21.3 Å². The molecule has 320 valence electrons. The Labute approximate surface area is 335 Å². The lowest BCUT2D eigenvalue weighted by atomic mass is 9.88. The predicted molar refractivity (Wildman–Crippen MR) is 208 cm³/mol. The Bertz CT molecular complexity index is 1310. The van der Waals surface area contributed by atoms with Crippen LogP contribution in [0, 0.1) is 10.1 Å². The Balaban J connectivity index is 1.68. The van der Waals surface area contributed by atoms with Gasteiger partial charge < -0.3 is 55.1 Å². The number of nitrogens with zero attached hydrogens (tertiary/aromatic N) is 3. The van der Waals surface area contributed by atoms with Gasteiger partial charge in [0, 0.05) is 71.3 Å². The lowest BCUT2D eigenvalue weighted by Gasteiger charge is -2.37. The molecule has 2 heterocycles. The van der Waals surface area contributed by atoms with Crippen LogP contribution in [0.3, 0.4) is 0 Å². The molecule has 19 heteroatoms. The van der Waals surface area contributed by atoms with Gasteiger partial charge in [-0.05, 0) is 70.6 Å². The highest BCUT2D eigenvalue weighted by Gasteiger charge is 2.42. The van der Waals surface area contributed by atoms with Gasteiger partial charge in [0.25, 0.3) is 0 Å². The first-order chi connectivity index (χ1) is 26.9. The van der Waals surface area contributed by atoms with Gasteiger partial charge in [-0.25, -0.2) is 9.36 Å². The summed E-state index contributed by atoms with van der Waals surface area (Å²) in [4.78, 5) is 66.4. The number of amides is 4. The second-order valence-corrected chi connectivity index (χ2v) is 14.9. The number of alkyl carbamates (subject to hydrolysis) is 1. The zero-order valence-corrected chi connectivity index (χ0v) is 34.2. The number of nitrogens with one attached hydrogen (secondary N) is 4. The Kier molecular flexibility index (Phi) is 24.2. The number of hydrogen-bond donors (Lipinski definition) is 4. The lowest BCUT2D eigenvalue weighted by Crippen LogP contribution is -2.64. The van der Waals surface area contributed by atoms with Crippen molar-refractivity contribution in [2.75, 3.05) is 71.8 Å². The molecule has 0 bridgehead atoms. The van der Waals surface area contributed by atoms with Gasteiger partial charge in [0.05, 0.1) is 26.4 Å². The van der Waals surface area contributed by atoms with E-state index in [1.54, 1.807) is 20.8 Å². The molecule has 1 fully saturated rings. The molecule has 56 heavy (non-hydrogen) atoms. The van der Waals surface area contributed by atoms with E-state index in [4.69, 9.17) is 35.3 Å². The number of hydrogen-bond acceptors (Lipinski definition) is 12. The van der Waals surface area contributed by atoms with E-state index < -0.39 is 34.1 Å². The summed E-state index contributed by atoms with van der Waals surface area (Å²) < 4.78 is 28.9. The van der Waals surface area contributed by atoms with E-state index in [1.807, 2.05) is 0 Å². The molecule has 0 saturated carbocycles. The van der Waals surface area contributed by atoms with E-state index in [2.05, 4.69) is 26.3 Å². The molecule has 1 aromatic rings. The number of alkyl halides is 1. The smallest absolute Gasteiger partial charge is 0.434 e. The fourth-order valence-corrected chi connectivity index (χ4v) is 5.94. The Morgan fingerprint density at radius 3 is 2.27 bits per heavy atom. The molecule has 1 aliphatic rings. The maximum absolute atomic E-state index is 13.7. The van der Waals surface area contributed by atoms with Gasteiger partial charge in [-0.3, -0.25) is 14.4 Å². The average Bonchev–Trinajstić information content (AvgIpc) is 3.63. The average molecular weight is 818 g/mol. The number of unbranched alkanes of at least 4 members (excludes halogenated alkanes) is 4. The third-order valence-corrected chi connectivity index (χ3v) is 8.97. The number of aryl methyl sites for hydroxylation is 1. The van der Waals surface area contributed by atoms with E-state index in [0.29, 0.717) is 77.7 Å². The number of rotatable bonds is 30. The third kappa shape index (κ3) is 21.1. The van der Waals surface area contributed by atoms with Crippen LogP contribution in [0.4, 0.5) is 10.7 Å². The molecule has 0 radical (unpaired) electrons. The van der Waals surface area contributed by atoms with Crippen molar-refractivity contribution >= 4 is 41.4 Å². The molecule has 4 N–H and O–H groups in total. The van der Waals surface area contributed by atoms with E-state index in [9.17, 15) is 29.3 Å². The molecule has 0 spiro atoms. The summed E-state index contributed by atoms with van der Waals surface area (Å²) >= 11 is 5.66. The molecule has 4 amide bonds. The Hall–Kier alpha value is -3.58. The second-order valence-electron chi connectivity index (χ2n) is 14.6. The summed E-state index contributed by atoms with van der Waals surface area (Å²) in [5.41, 5.74) is -2.08. The second kappa shape index (κ2) is 27.9. The topological polar surface area (TPSA) is 224 Å². The van der Waals surface area contributed by atoms with Gasteiger partial charge in [-0.15, -0.1) is 11.6 Å². The van der Waals surface area contributed by atoms with Crippen molar-refractivity contribution in [2.24, 2.45) is 0 Å². The van der Waals surface area contributed by atoms with Crippen LogP contribution in [-0.4, -0.2) is 127 Å². The summed E-state index contributed by atoms with van der Waals surface area (Å²) in [5, 5.41) is 22.5. The SMILES string of the molecule is CC(C)(C)OC(=O)N[C@@H](CCCn1ccnc1[N+](=O)[O-])C(=O)NC1(C(=O)NCCCOCCCCC(=O)NCCOCCOCCCCCCCl)CCOCC1. The van der Waals surface area contributed by atoms with E-state index >= 15 is 0 Å². The number of nitro groups is 1. The first kappa shape index (κ1) is 48.6. The molecule has 1 atom stereocenters. The minimum absolute atomic E-state index is 0.0358. The normalized spacial score (nSPS) is 14.4. The number of aromatic nitrogens is 2. The van der Waals surface area contributed by atoms with Crippen LogP contribution in [0.2, 0.25) is 0 Å². The number of halogens is 1. The van der Waals surface area contributed by atoms with Crippen LogP contribution in [0.1, 0.15) is 97.8 Å². The molecule has 0 unspecified atom stereocenters. The molecule has 18 nitrogen and oxygen atoms in total. The first-order valence-corrected chi connectivity index (χ1v) is 20.3. The minimum atomic E-state index is -1.27. The van der Waals surface area contributed by atoms with Crippen LogP contribution in [0.25, 0.3) is 0 Å². The molecule has 0 aliphatic carbocycles. The van der Waals surface area contributed by atoms with E-state index in [0.717, 1.165) is 32.3 Å². The Morgan fingerprint density at radius 2 is 1.57 bits per heavy atom. The molecular formula is C37H64ClN7O11. The van der Waals surface area contributed by atoms with Gasteiger partial charge in [0.2, 0.25) is 17.7 Å². The number of imidazole rings is 1. The first-order valence-electron chi connectivity index (χ1n) is 19.8. The van der Waals surface area contributed by atoms with Crippen molar-refractivity contribution in [1.29, 1.82) is 0 Å². The van der Waals surface area contributed by atoms with Gasteiger partial charge in [-0.2, -0.15) is 0 Å². The third-order valence-electron chi connectivity index (χ3n) is 8.71. The van der Waals surface area contributed by atoms with Crippen LogP contribution in [0.15, 0.2) is 12.4 Å². The van der Waals surface area contributed by atoms with Crippen molar-refractivity contribution in [2.45, 2.75) is 122 Å². The number of ether oxygens (including phenoxy) is 5. The van der Waals surface area contributed by atoms with Gasteiger partial charge in [-0.1, -0.05) is 17.8 Å². The largest absolute Gasteiger partial charge is 0.444 e. The standard InChI is InChI=1S/C37H64ClN7O11/c1-36(2,3)56-35(49)42-30(12-10-20-44-21-18-41-34(44)45(50)51)32(47)43-37(14-25-54-26-15-37)33(48)40-17-11-24-52-23-9-6-13-31(46)39-19-27-55-29-28-53-22-8-5-4-7-16-38/h18,21,30H,4-17,19-20,22-29H2,1-3H3,(H,39,46)(H,40,48)(H,42,49)(H,43,47)/t30-/m0/s1. The fraction of sp³-hybridized carbons (Fsp3) is 0.811. The van der Waals surface area contributed by atoms with Crippen LogP contribution in [0.5, 0.6) is 0 Å². The molecule has 1 aliphatic heterocycles. The van der Waals surface area contributed by atoms with Gasteiger partial charge >= 0.3 is 12.0 Å². The highest BCUT2D eigenvalue weighted by molar-refractivity contribution is 6.17. The van der Waals surface area contributed by atoms with Crippen molar-refractivity contribution in [3.63, 3.8) is 0 Å². The number of carbonyl (C=O) groups is 4. The minimum Gasteiger partial charge on any atom is -0.444 e. The van der Waals surface area contributed by atoms with E-state index in [1.165, 1.54) is 17.0 Å². The van der Waals surface area contributed by atoms with Crippen LogP contribution in [-0.2, 0) is 44.6 Å². The zero-order valence-electron chi connectivity index (χ0n) is 33.4. The maximum Gasteiger partial charge on any atom is 0.434 e. The summed E-state index contributed by atoms with van der Waals surface area (Å²) in [6.45, 7) is 9.59. The summed E-state index contributed by atoms with van der Waals surface area (Å²) in [5.74, 6) is -0.610. The predicted octanol–water partition coefficient (Wildman–Crippen LogP) is 3.77. The molecule has 2 rings (SSSR count). The number of carbonyl (C=O) groups excluding carboxylic acids is 4. The molecule has 1 saturated heterocycles. The van der Waals surface area contributed by atoms with Crippen molar-refractivity contribution in [3.8, 4) is 0 Å². The highest BCUT2D eigenvalue weighted by atomic mass is 35.5. The monoisotopic (exact) mass is 817 g/mol. The van der Waals surface area contributed by atoms with Crippen molar-refractivity contribution in [1.82, 2.24) is 30.8 Å². The van der Waals surface area contributed by atoms with Crippen molar-refractivity contribution in [3.05, 3.63) is 22.5 Å². The van der Waals surface area contributed by atoms with Crippen LogP contribution >= 0.6 is 11.6 Å². The van der Waals surface area contributed by atoms with Gasteiger partial charge in [0.15, 0.2) is 0 Å². The Morgan fingerprint density at radius 1 is 0.911 bits per heavy atom. The summed E-state index contributed by atoms with van der Waals surface area (Å²) in [6.07, 6.45) is 9.46. The van der Waals surface area contributed by atoms with Gasteiger partial charge in [0.1, 0.15) is 29.6 Å². The maximum atomic E-state index is 13.7. The highest BCUT2D eigenvalue weighted by Crippen LogP contribution is 2.22. The quantitative estimate of drug-likeness (QED) is 0.0377. The summed E-state index contributed by atoms with van der Waals surface area (Å²) in [6, 6.07) is -1.09. The van der Waals surface area contributed by atoms with E-state index in [-0.39, 0.29) is 63.2 Å². The van der Waals surface area contributed by atoms with Crippen molar-refractivity contribution < 1.29 is 47.8 Å². The zero-order chi connectivity index (χ0) is 41.1. The molecular weight excluding hydrogens is 754 g/mol.